The molecular formula is C23H22N4O5. The van der Waals surface area contributed by atoms with Crippen LogP contribution < -0.4 is 9.47 Å². The Morgan fingerprint density at radius 2 is 2.16 bits per heavy atom. The van der Waals surface area contributed by atoms with Gasteiger partial charge in [0.05, 0.1) is 18.4 Å². The SMILES string of the molecule is COc1ccc2c(c1CC1CCN(C(=O)O)CC1)OC(=Cc1n[nH]c3ncccc13)C2=O. The Morgan fingerprint density at radius 1 is 1.34 bits per heavy atom. The number of nitrogens with one attached hydrogen (secondary N) is 1. The number of aromatic nitrogens is 3. The van der Waals surface area contributed by atoms with E-state index in [0.717, 1.165) is 23.8 Å². The van der Waals surface area contributed by atoms with Crippen LogP contribution in [0.2, 0.25) is 0 Å². The number of ketones is 1. The van der Waals surface area contributed by atoms with E-state index in [1.165, 1.54) is 4.90 Å². The van der Waals surface area contributed by atoms with Crippen molar-refractivity contribution in [1.82, 2.24) is 20.1 Å². The second kappa shape index (κ2) is 7.99. The Kier molecular flexibility index (Phi) is 5.01. The Labute approximate surface area is 183 Å². The summed E-state index contributed by atoms with van der Waals surface area (Å²) in [4.78, 5) is 29.9. The van der Waals surface area contributed by atoms with E-state index in [2.05, 4.69) is 15.2 Å². The van der Waals surface area contributed by atoms with Gasteiger partial charge < -0.3 is 19.5 Å². The molecule has 0 saturated carbocycles. The predicted octanol–water partition coefficient (Wildman–Crippen LogP) is 3.52. The predicted molar refractivity (Wildman–Crippen MR) is 116 cm³/mol. The summed E-state index contributed by atoms with van der Waals surface area (Å²) < 4.78 is 11.6. The number of methoxy groups -OCH3 is 1. The average molecular weight is 434 g/mol. The number of carbonyl (C=O) groups excluding carboxylic acids is 1. The van der Waals surface area contributed by atoms with E-state index in [0.29, 0.717) is 47.9 Å². The highest BCUT2D eigenvalue weighted by atomic mass is 16.5. The van der Waals surface area contributed by atoms with Crippen LogP contribution in [-0.2, 0) is 6.42 Å². The quantitative estimate of drug-likeness (QED) is 0.603. The maximum Gasteiger partial charge on any atom is 0.407 e. The number of Topliss-reactive ketones (excluding diaryl/α,β-unsaturated/α-hetero) is 1. The van der Waals surface area contributed by atoms with E-state index in [-0.39, 0.29) is 17.5 Å². The normalized spacial score (nSPS) is 17.6. The van der Waals surface area contributed by atoms with Gasteiger partial charge in [0.25, 0.3) is 0 Å². The standard InChI is InChI=1S/C23H22N4O5/c1-31-18-5-4-15-20(28)19(12-17-14-3-2-8-24-22(14)26-25-17)32-21(15)16(18)11-13-6-9-27(10-7-13)23(29)30/h2-5,8,12-13H,6-7,9-11H2,1H3,(H,29,30)(H,24,25,26). The first kappa shape index (κ1) is 20.0. The largest absolute Gasteiger partial charge is 0.496 e. The molecule has 2 aliphatic rings. The molecule has 9 nitrogen and oxygen atoms in total. The molecule has 4 heterocycles. The maximum absolute atomic E-state index is 13.1. The number of piperidine rings is 1. The fourth-order valence-electron chi connectivity index (χ4n) is 4.40. The van der Waals surface area contributed by atoms with Crippen molar-refractivity contribution in [3.8, 4) is 11.5 Å². The van der Waals surface area contributed by atoms with Crippen LogP contribution in [-0.4, -0.2) is 57.3 Å². The van der Waals surface area contributed by atoms with Crippen molar-refractivity contribution < 1.29 is 24.2 Å². The van der Waals surface area contributed by atoms with E-state index in [4.69, 9.17) is 9.47 Å². The van der Waals surface area contributed by atoms with Gasteiger partial charge in [-0.15, -0.1) is 0 Å². The van der Waals surface area contributed by atoms with E-state index in [1.807, 2.05) is 12.1 Å². The molecule has 2 aromatic heterocycles. The number of carboxylic acid groups (broad SMARTS) is 1. The molecule has 0 aliphatic carbocycles. The maximum atomic E-state index is 13.1. The number of hydrogen-bond donors (Lipinski definition) is 2. The second-order valence-corrected chi connectivity index (χ2v) is 7.99. The number of ether oxygens (including phenoxy) is 2. The minimum absolute atomic E-state index is 0.201. The van der Waals surface area contributed by atoms with E-state index < -0.39 is 6.09 Å². The summed E-state index contributed by atoms with van der Waals surface area (Å²) in [7, 11) is 1.59. The molecule has 0 radical (unpaired) electrons. The molecule has 164 valence electrons. The molecule has 32 heavy (non-hydrogen) atoms. The number of rotatable bonds is 4. The van der Waals surface area contributed by atoms with Gasteiger partial charge in [0.1, 0.15) is 11.5 Å². The fraction of sp³-hybridized carbons (Fsp3) is 0.304. The van der Waals surface area contributed by atoms with Crippen molar-refractivity contribution in [3.63, 3.8) is 0 Å². The van der Waals surface area contributed by atoms with Gasteiger partial charge in [0, 0.05) is 36.3 Å². The van der Waals surface area contributed by atoms with Crippen molar-refractivity contribution in [3.05, 3.63) is 53.0 Å². The Balaban J connectivity index is 1.44. The summed E-state index contributed by atoms with van der Waals surface area (Å²) in [6.07, 6.45) is 4.57. The van der Waals surface area contributed by atoms with E-state index in [1.54, 1.807) is 31.5 Å². The third kappa shape index (κ3) is 3.45. The summed E-state index contributed by atoms with van der Waals surface area (Å²) in [5.41, 5.74) is 2.55. The zero-order valence-corrected chi connectivity index (χ0v) is 17.5. The summed E-state index contributed by atoms with van der Waals surface area (Å²) in [5.74, 6) is 1.45. The van der Waals surface area contributed by atoms with Crippen molar-refractivity contribution >= 4 is 29.0 Å². The number of H-pyrrole nitrogens is 1. The lowest BCUT2D eigenvalue weighted by Crippen LogP contribution is -2.37. The lowest BCUT2D eigenvalue weighted by molar-refractivity contribution is 0.101. The Morgan fingerprint density at radius 3 is 2.91 bits per heavy atom. The van der Waals surface area contributed by atoms with Crippen LogP contribution >= 0.6 is 0 Å². The van der Waals surface area contributed by atoms with Crippen molar-refractivity contribution in [2.24, 2.45) is 5.92 Å². The molecule has 5 rings (SSSR count). The van der Waals surface area contributed by atoms with Gasteiger partial charge in [-0.1, -0.05) is 0 Å². The highest BCUT2D eigenvalue weighted by Crippen LogP contribution is 2.42. The molecular weight excluding hydrogens is 412 g/mol. The minimum Gasteiger partial charge on any atom is -0.496 e. The molecule has 1 fully saturated rings. The number of benzene rings is 1. The molecule has 1 aromatic carbocycles. The molecule has 2 N–H and O–H groups in total. The molecule has 0 atom stereocenters. The van der Waals surface area contributed by atoms with Gasteiger partial charge in [-0.3, -0.25) is 9.89 Å². The first-order valence-electron chi connectivity index (χ1n) is 10.5. The molecule has 0 bridgehead atoms. The van der Waals surface area contributed by atoms with Gasteiger partial charge >= 0.3 is 6.09 Å². The third-order valence-corrected chi connectivity index (χ3v) is 6.13. The molecule has 0 spiro atoms. The van der Waals surface area contributed by atoms with Crippen LogP contribution in [0.5, 0.6) is 11.5 Å². The molecule has 9 heteroatoms. The molecule has 1 saturated heterocycles. The fourth-order valence-corrected chi connectivity index (χ4v) is 4.40. The number of likely N-dealkylation sites (tertiary alicyclic amines) is 1. The van der Waals surface area contributed by atoms with Crippen molar-refractivity contribution in [2.75, 3.05) is 20.2 Å². The Hall–Kier alpha value is -3.88. The van der Waals surface area contributed by atoms with Crippen LogP contribution in [0, 0.1) is 5.92 Å². The van der Waals surface area contributed by atoms with Gasteiger partial charge in [-0.25, -0.2) is 9.78 Å². The molecule has 3 aromatic rings. The lowest BCUT2D eigenvalue weighted by Gasteiger charge is -2.30. The smallest absolute Gasteiger partial charge is 0.407 e. The zero-order valence-electron chi connectivity index (χ0n) is 17.5. The number of fused-ring (bicyclic) bond motifs is 2. The Bertz CT molecular complexity index is 1240. The molecule has 2 aliphatic heterocycles. The highest BCUT2D eigenvalue weighted by molar-refractivity contribution is 6.15. The van der Waals surface area contributed by atoms with E-state index >= 15 is 0 Å². The average Bonchev–Trinajstić information content (AvgIpc) is 3.36. The molecule has 1 amide bonds. The monoisotopic (exact) mass is 434 g/mol. The van der Waals surface area contributed by atoms with Crippen LogP contribution in [0.25, 0.3) is 17.1 Å². The number of carbonyl (C=O) groups is 2. The van der Waals surface area contributed by atoms with Gasteiger partial charge in [-0.05, 0) is 49.4 Å². The van der Waals surface area contributed by atoms with Crippen LogP contribution in [0.4, 0.5) is 4.79 Å². The summed E-state index contributed by atoms with van der Waals surface area (Å²) in [6, 6.07) is 7.20. The number of nitrogens with zero attached hydrogens (tertiary/aromatic N) is 3. The summed E-state index contributed by atoms with van der Waals surface area (Å²) >= 11 is 0. The summed E-state index contributed by atoms with van der Waals surface area (Å²) in [6.45, 7) is 1.01. The first-order chi connectivity index (χ1) is 15.5. The zero-order chi connectivity index (χ0) is 22.2. The lowest BCUT2D eigenvalue weighted by atomic mass is 9.88. The molecule has 0 unspecified atom stereocenters. The number of pyridine rings is 1. The van der Waals surface area contributed by atoms with E-state index in [9.17, 15) is 14.7 Å². The number of aromatic amines is 1. The van der Waals surface area contributed by atoms with Gasteiger partial charge in [-0.2, -0.15) is 5.10 Å². The van der Waals surface area contributed by atoms with Gasteiger partial charge in [0.2, 0.25) is 5.78 Å². The van der Waals surface area contributed by atoms with Crippen molar-refractivity contribution in [1.29, 1.82) is 0 Å². The number of amides is 1. The number of hydrogen-bond acceptors (Lipinski definition) is 6. The summed E-state index contributed by atoms with van der Waals surface area (Å²) in [5, 5.41) is 17.1. The second-order valence-electron chi connectivity index (χ2n) is 7.99. The van der Waals surface area contributed by atoms with Gasteiger partial charge in [0.15, 0.2) is 11.4 Å². The third-order valence-electron chi connectivity index (χ3n) is 6.13. The topological polar surface area (TPSA) is 118 Å². The number of allylic oxidation sites excluding steroid dienone is 1. The van der Waals surface area contributed by atoms with Crippen LogP contribution in [0.15, 0.2) is 36.2 Å². The minimum atomic E-state index is -0.883. The van der Waals surface area contributed by atoms with Crippen LogP contribution in [0.3, 0.4) is 0 Å². The van der Waals surface area contributed by atoms with Crippen LogP contribution in [0.1, 0.15) is 34.5 Å². The highest BCUT2D eigenvalue weighted by Gasteiger charge is 2.33. The van der Waals surface area contributed by atoms with Crippen molar-refractivity contribution in [2.45, 2.75) is 19.3 Å². The first-order valence-corrected chi connectivity index (χ1v) is 10.5.